The summed E-state index contributed by atoms with van der Waals surface area (Å²) in [5, 5.41) is 11.7. The second kappa shape index (κ2) is 7.16. The van der Waals surface area contributed by atoms with E-state index < -0.39 is 11.6 Å². The van der Waals surface area contributed by atoms with Crippen molar-refractivity contribution >= 4 is 11.9 Å². The Balaban J connectivity index is 1.57. The number of imide groups is 1. The van der Waals surface area contributed by atoms with Crippen LogP contribution in [0.2, 0.25) is 0 Å². The Hall–Kier alpha value is -3.92. The molecule has 1 atom stereocenters. The summed E-state index contributed by atoms with van der Waals surface area (Å²) in [6.07, 6.45) is 1.46. The molecule has 2 aromatic carbocycles. The van der Waals surface area contributed by atoms with Crippen LogP contribution in [0.5, 0.6) is 0 Å². The summed E-state index contributed by atoms with van der Waals surface area (Å²) in [5.41, 5.74) is 3.42. The molecule has 0 spiro atoms. The van der Waals surface area contributed by atoms with Gasteiger partial charge in [-0.3, -0.25) is 9.69 Å². The average molecular weight is 400 g/mol. The number of oxazole rings is 1. The van der Waals surface area contributed by atoms with Gasteiger partial charge in [0.05, 0.1) is 23.9 Å². The quantitative estimate of drug-likeness (QED) is 0.672. The van der Waals surface area contributed by atoms with Crippen LogP contribution < -0.4 is 5.32 Å². The van der Waals surface area contributed by atoms with Gasteiger partial charge in [-0.05, 0) is 50.1 Å². The van der Waals surface area contributed by atoms with Gasteiger partial charge in [-0.25, -0.2) is 9.78 Å². The number of nitrogens with one attached hydrogen (secondary N) is 1. The number of carbonyl (C=O) groups is 2. The second-order valence-electron chi connectivity index (χ2n) is 7.60. The fraction of sp³-hybridized carbons (Fsp3) is 0.217. The van der Waals surface area contributed by atoms with Crippen LogP contribution in [0.3, 0.4) is 0 Å². The molecule has 1 N–H and O–H groups in total. The molecule has 0 radical (unpaired) electrons. The summed E-state index contributed by atoms with van der Waals surface area (Å²) in [7, 11) is 0. The van der Waals surface area contributed by atoms with Crippen LogP contribution in [-0.4, -0.2) is 21.8 Å². The maximum atomic E-state index is 13.1. The highest BCUT2D eigenvalue weighted by Crippen LogP contribution is 2.30. The average Bonchev–Trinajstić information content (AvgIpc) is 3.27. The smallest absolute Gasteiger partial charge is 0.325 e. The predicted molar refractivity (Wildman–Crippen MR) is 109 cm³/mol. The van der Waals surface area contributed by atoms with Gasteiger partial charge in [0.2, 0.25) is 5.89 Å². The number of amides is 3. The molecule has 7 heteroatoms. The van der Waals surface area contributed by atoms with Crippen molar-refractivity contribution in [2.24, 2.45) is 0 Å². The van der Waals surface area contributed by atoms with Crippen molar-refractivity contribution in [2.45, 2.75) is 32.9 Å². The normalized spacial score (nSPS) is 18.4. The first-order valence-electron chi connectivity index (χ1n) is 9.48. The Morgan fingerprint density at radius 3 is 2.57 bits per heavy atom. The molecule has 3 amide bonds. The van der Waals surface area contributed by atoms with Gasteiger partial charge in [0.1, 0.15) is 11.8 Å². The first-order chi connectivity index (χ1) is 14.3. The van der Waals surface area contributed by atoms with Crippen LogP contribution >= 0.6 is 0 Å². The lowest BCUT2D eigenvalue weighted by molar-refractivity contribution is -0.131. The monoisotopic (exact) mass is 400 g/mol. The highest BCUT2D eigenvalue weighted by molar-refractivity contribution is 6.07. The van der Waals surface area contributed by atoms with E-state index in [2.05, 4.69) is 10.3 Å². The second-order valence-corrected chi connectivity index (χ2v) is 7.60. The van der Waals surface area contributed by atoms with Crippen molar-refractivity contribution in [1.29, 1.82) is 5.26 Å². The lowest BCUT2D eigenvalue weighted by Crippen LogP contribution is -2.40. The fourth-order valence-corrected chi connectivity index (χ4v) is 3.63. The maximum Gasteiger partial charge on any atom is 0.325 e. The lowest BCUT2D eigenvalue weighted by Gasteiger charge is -2.22. The summed E-state index contributed by atoms with van der Waals surface area (Å²) in [6.45, 7) is 5.65. The van der Waals surface area contributed by atoms with Gasteiger partial charge in [-0.2, -0.15) is 5.26 Å². The highest BCUT2D eigenvalue weighted by Gasteiger charge is 2.49. The number of benzene rings is 2. The third-order valence-electron chi connectivity index (χ3n) is 5.35. The number of hydrogen-bond donors (Lipinski definition) is 1. The number of aromatic nitrogens is 1. The SMILES string of the molecule is Cc1ccc(-c2nc(CN3C(=O)N[C@@](C)(c4ccc(C#N)cc4)C3=O)co2)c(C)c1. The minimum absolute atomic E-state index is 0.00491. The van der Waals surface area contributed by atoms with Gasteiger partial charge in [0.15, 0.2) is 0 Å². The molecular weight excluding hydrogens is 380 g/mol. The van der Waals surface area contributed by atoms with Crippen LogP contribution in [0.25, 0.3) is 11.5 Å². The van der Waals surface area contributed by atoms with E-state index >= 15 is 0 Å². The van der Waals surface area contributed by atoms with E-state index in [4.69, 9.17) is 9.68 Å². The topological polar surface area (TPSA) is 99.2 Å². The minimum Gasteiger partial charge on any atom is -0.444 e. The molecule has 1 aliphatic heterocycles. The lowest BCUT2D eigenvalue weighted by atomic mass is 9.91. The van der Waals surface area contributed by atoms with Gasteiger partial charge in [-0.1, -0.05) is 29.8 Å². The van der Waals surface area contributed by atoms with E-state index in [0.717, 1.165) is 21.6 Å². The molecule has 1 aliphatic rings. The van der Waals surface area contributed by atoms with E-state index in [1.165, 1.54) is 6.26 Å². The van der Waals surface area contributed by atoms with Crippen molar-refractivity contribution in [3.05, 3.63) is 76.7 Å². The molecule has 1 aromatic heterocycles. The molecule has 150 valence electrons. The van der Waals surface area contributed by atoms with Gasteiger partial charge in [0, 0.05) is 5.56 Å². The molecule has 3 aromatic rings. The molecular formula is C23H20N4O3. The van der Waals surface area contributed by atoms with Gasteiger partial charge < -0.3 is 9.73 Å². The van der Waals surface area contributed by atoms with E-state index in [-0.39, 0.29) is 12.5 Å². The number of nitrogens with zero attached hydrogens (tertiary/aromatic N) is 3. The van der Waals surface area contributed by atoms with Crippen LogP contribution in [0.1, 0.15) is 34.9 Å². The van der Waals surface area contributed by atoms with Crippen molar-refractivity contribution in [3.8, 4) is 17.5 Å². The molecule has 0 aliphatic carbocycles. The predicted octanol–water partition coefficient (Wildman–Crippen LogP) is 3.80. The van der Waals surface area contributed by atoms with Crippen LogP contribution in [0.4, 0.5) is 4.79 Å². The largest absolute Gasteiger partial charge is 0.444 e. The van der Waals surface area contributed by atoms with Gasteiger partial charge >= 0.3 is 6.03 Å². The molecule has 7 nitrogen and oxygen atoms in total. The van der Waals surface area contributed by atoms with Crippen molar-refractivity contribution < 1.29 is 14.0 Å². The Morgan fingerprint density at radius 1 is 1.17 bits per heavy atom. The summed E-state index contributed by atoms with van der Waals surface area (Å²) in [6, 6.07) is 14.1. The fourth-order valence-electron chi connectivity index (χ4n) is 3.63. The standard InChI is InChI=1S/C23H20N4O3/c1-14-4-9-19(15(2)10-14)20-25-18(13-30-20)12-27-21(28)23(3,26-22(27)29)17-7-5-16(11-24)6-8-17/h4-10,13H,12H2,1-3H3,(H,26,29)/t23-/m0/s1. The summed E-state index contributed by atoms with van der Waals surface area (Å²) >= 11 is 0. The molecule has 4 rings (SSSR count). The van der Waals surface area contributed by atoms with Gasteiger partial charge in [-0.15, -0.1) is 0 Å². The number of hydrogen-bond acceptors (Lipinski definition) is 5. The zero-order chi connectivity index (χ0) is 21.5. The molecule has 30 heavy (non-hydrogen) atoms. The van der Waals surface area contributed by atoms with E-state index in [1.807, 2.05) is 38.1 Å². The molecule has 1 fully saturated rings. The van der Waals surface area contributed by atoms with Crippen LogP contribution in [0.15, 0.2) is 53.1 Å². The van der Waals surface area contributed by atoms with E-state index in [1.54, 1.807) is 31.2 Å². The number of carbonyl (C=O) groups excluding carboxylic acids is 2. The third kappa shape index (κ3) is 3.22. The first kappa shape index (κ1) is 19.4. The molecule has 1 saturated heterocycles. The zero-order valence-electron chi connectivity index (χ0n) is 16.9. The molecule has 0 unspecified atom stereocenters. The Bertz CT molecular complexity index is 1190. The van der Waals surface area contributed by atoms with Crippen molar-refractivity contribution in [2.75, 3.05) is 0 Å². The summed E-state index contributed by atoms with van der Waals surface area (Å²) in [5.74, 6) is 0.0673. The number of aryl methyl sites for hydroxylation is 2. The summed E-state index contributed by atoms with van der Waals surface area (Å²) < 4.78 is 5.60. The van der Waals surface area contributed by atoms with Crippen LogP contribution in [-0.2, 0) is 16.9 Å². The molecule has 0 bridgehead atoms. The Labute approximate surface area is 173 Å². The Morgan fingerprint density at radius 2 is 1.90 bits per heavy atom. The molecule has 0 saturated carbocycles. The number of nitriles is 1. The summed E-state index contributed by atoms with van der Waals surface area (Å²) in [4.78, 5) is 31.2. The molecule has 2 heterocycles. The highest BCUT2D eigenvalue weighted by atomic mass is 16.3. The Kier molecular flexibility index (Phi) is 4.63. The zero-order valence-corrected chi connectivity index (χ0v) is 16.9. The first-order valence-corrected chi connectivity index (χ1v) is 9.48. The van der Waals surface area contributed by atoms with Crippen LogP contribution in [0, 0.1) is 25.2 Å². The minimum atomic E-state index is -1.20. The van der Waals surface area contributed by atoms with E-state index in [9.17, 15) is 9.59 Å². The third-order valence-corrected chi connectivity index (χ3v) is 5.35. The van der Waals surface area contributed by atoms with Gasteiger partial charge in [0.25, 0.3) is 5.91 Å². The van der Waals surface area contributed by atoms with E-state index in [0.29, 0.717) is 22.7 Å². The number of urea groups is 1. The van der Waals surface area contributed by atoms with Crippen molar-refractivity contribution in [3.63, 3.8) is 0 Å². The maximum absolute atomic E-state index is 13.1. The number of rotatable bonds is 4. The van der Waals surface area contributed by atoms with Crippen molar-refractivity contribution in [1.82, 2.24) is 15.2 Å².